The lowest BCUT2D eigenvalue weighted by Crippen LogP contribution is -2.01. The zero-order valence-electron chi connectivity index (χ0n) is 5.15. The highest BCUT2D eigenvalue weighted by Crippen LogP contribution is 2.26. The normalized spacial score (nSPS) is 18.8. The molecule has 0 saturated heterocycles. The summed E-state index contributed by atoms with van der Waals surface area (Å²) in [7, 11) is 0. The first-order valence-corrected chi connectivity index (χ1v) is 3.70. The standard InChI is InChI=1S/C6H6BrF2N/c7-4-2-1-3-10-5(4)6(8)9/h3,6H,1-2H2. The molecule has 0 aromatic carbocycles. The van der Waals surface area contributed by atoms with Crippen LogP contribution in [0.4, 0.5) is 8.78 Å². The van der Waals surface area contributed by atoms with Gasteiger partial charge in [-0.15, -0.1) is 0 Å². The summed E-state index contributed by atoms with van der Waals surface area (Å²) in [4.78, 5) is 3.57. The molecule has 4 heteroatoms. The van der Waals surface area contributed by atoms with Crippen LogP contribution in [0.2, 0.25) is 0 Å². The lowest BCUT2D eigenvalue weighted by atomic mass is 10.2. The quantitative estimate of drug-likeness (QED) is 0.630. The molecule has 0 aromatic rings. The van der Waals surface area contributed by atoms with Crippen molar-refractivity contribution in [2.24, 2.45) is 4.99 Å². The zero-order valence-corrected chi connectivity index (χ0v) is 6.74. The second-order valence-corrected chi connectivity index (χ2v) is 2.90. The Balaban J connectivity index is 2.79. The monoisotopic (exact) mass is 209 g/mol. The van der Waals surface area contributed by atoms with Crippen LogP contribution < -0.4 is 0 Å². The minimum absolute atomic E-state index is 0.119. The highest BCUT2D eigenvalue weighted by atomic mass is 79.9. The van der Waals surface area contributed by atoms with Gasteiger partial charge in [0.1, 0.15) is 5.70 Å². The second kappa shape index (κ2) is 3.23. The molecule has 0 spiro atoms. The molecule has 1 aliphatic rings. The first-order valence-electron chi connectivity index (χ1n) is 2.91. The lowest BCUT2D eigenvalue weighted by Gasteiger charge is -2.07. The average Bonchev–Trinajstić information content (AvgIpc) is 1.88. The van der Waals surface area contributed by atoms with Crippen molar-refractivity contribution in [2.75, 3.05) is 0 Å². The van der Waals surface area contributed by atoms with E-state index in [4.69, 9.17) is 0 Å². The highest BCUT2D eigenvalue weighted by molar-refractivity contribution is 9.11. The molecule has 1 nitrogen and oxygen atoms in total. The van der Waals surface area contributed by atoms with Gasteiger partial charge in [0.25, 0.3) is 6.43 Å². The van der Waals surface area contributed by atoms with Crippen LogP contribution in [-0.2, 0) is 0 Å². The summed E-state index contributed by atoms with van der Waals surface area (Å²) in [6.07, 6.45) is 0.456. The van der Waals surface area contributed by atoms with Gasteiger partial charge in [0, 0.05) is 10.7 Å². The molecule has 0 amide bonds. The third-order valence-corrected chi connectivity index (χ3v) is 2.01. The Morgan fingerprint density at radius 3 is 2.70 bits per heavy atom. The van der Waals surface area contributed by atoms with Crippen molar-refractivity contribution in [2.45, 2.75) is 19.3 Å². The average molecular weight is 210 g/mol. The molecular weight excluding hydrogens is 204 g/mol. The summed E-state index contributed by atoms with van der Waals surface area (Å²) >= 11 is 3.04. The number of nitrogens with zero attached hydrogens (tertiary/aromatic N) is 1. The van der Waals surface area contributed by atoms with E-state index in [2.05, 4.69) is 20.9 Å². The van der Waals surface area contributed by atoms with Gasteiger partial charge in [0.05, 0.1) is 0 Å². The smallest absolute Gasteiger partial charge is 0.259 e. The molecule has 0 bridgehead atoms. The van der Waals surface area contributed by atoms with Crippen LogP contribution in [0, 0.1) is 0 Å². The molecule has 0 atom stereocenters. The van der Waals surface area contributed by atoms with Crippen LogP contribution in [0.1, 0.15) is 12.8 Å². The molecule has 56 valence electrons. The van der Waals surface area contributed by atoms with Crippen molar-refractivity contribution in [3.63, 3.8) is 0 Å². The number of hydrogen-bond acceptors (Lipinski definition) is 1. The maximum atomic E-state index is 12.0. The molecule has 0 saturated carbocycles. The fourth-order valence-electron chi connectivity index (χ4n) is 0.727. The minimum atomic E-state index is -2.45. The Kier molecular flexibility index (Phi) is 2.54. The van der Waals surface area contributed by atoms with Crippen LogP contribution in [0.15, 0.2) is 15.2 Å². The van der Waals surface area contributed by atoms with Crippen molar-refractivity contribution in [1.29, 1.82) is 0 Å². The highest BCUT2D eigenvalue weighted by Gasteiger charge is 2.15. The van der Waals surface area contributed by atoms with Gasteiger partial charge in [-0.2, -0.15) is 0 Å². The fourth-order valence-corrected chi connectivity index (χ4v) is 1.23. The van der Waals surface area contributed by atoms with Crippen molar-refractivity contribution in [3.8, 4) is 0 Å². The van der Waals surface area contributed by atoms with E-state index < -0.39 is 6.43 Å². The maximum Gasteiger partial charge on any atom is 0.281 e. The Morgan fingerprint density at radius 2 is 2.30 bits per heavy atom. The molecule has 0 unspecified atom stereocenters. The van der Waals surface area contributed by atoms with E-state index in [1.54, 1.807) is 0 Å². The molecule has 0 radical (unpaired) electrons. The maximum absolute atomic E-state index is 12.0. The molecule has 1 heterocycles. The number of alkyl halides is 2. The molecule has 10 heavy (non-hydrogen) atoms. The van der Waals surface area contributed by atoms with Gasteiger partial charge < -0.3 is 0 Å². The van der Waals surface area contributed by atoms with Crippen LogP contribution in [0.25, 0.3) is 0 Å². The Morgan fingerprint density at radius 1 is 1.60 bits per heavy atom. The third-order valence-electron chi connectivity index (χ3n) is 1.21. The van der Waals surface area contributed by atoms with E-state index in [1.807, 2.05) is 0 Å². The number of hydrogen-bond donors (Lipinski definition) is 0. The van der Waals surface area contributed by atoms with Gasteiger partial charge in [-0.25, -0.2) is 8.78 Å². The van der Waals surface area contributed by atoms with E-state index in [0.717, 1.165) is 6.42 Å². The van der Waals surface area contributed by atoms with Crippen molar-refractivity contribution >= 4 is 22.1 Å². The molecule has 0 aromatic heterocycles. The lowest BCUT2D eigenvalue weighted by molar-refractivity contribution is 0.187. The number of aliphatic imine (C=N–C) groups is 1. The van der Waals surface area contributed by atoms with Crippen molar-refractivity contribution < 1.29 is 8.78 Å². The van der Waals surface area contributed by atoms with Crippen LogP contribution >= 0.6 is 15.9 Å². The number of rotatable bonds is 1. The van der Waals surface area contributed by atoms with Crippen LogP contribution in [-0.4, -0.2) is 12.6 Å². The number of allylic oxidation sites excluding steroid dienone is 2. The summed E-state index contributed by atoms with van der Waals surface area (Å²) in [5.74, 6) is 0. The summed E-state index contributed by atoms with van der Waals surface area (Å²) in [6.45, 7) is 0. The minimum Gasteiger partial charge on any atom is -0.259 e. The summed E-state index contributed by atoms with van der Waals surface area (Å²) in [5, 5.41) is 0. The van der Waals surface area contributed by atoms with Gasteiger partial charge in [-0.05, 0) is 12.8 Å². The number of halogens is 3. The van der Waals surface area contributed by atoms with Gasteiger partial charge in [0.15, 0.2) is 0 Å². The molecule has 0 N–H and O–H groups in total. The van der Waals surface area contributed by atoms with Gasteiger partial charge >= 0.3 is 0 Å². The van der Waals surface area contributed by atoms with Gasteiger partial charge in [-0.3, -0.25) is 4.99 Å². The SMILES string of the molecule is FC(F)C1=C(Br)CCC=N1. The van der Waals surface area contributed by atoms with E-state index in [0.29, 0.717) is 10.9 Å². The van der Waals surface area contributed by atoms with Crippen molar-refractivity contribution in [3.05, 3.63) is 10.2 Å². The molecule has 0 fully saturated rings. The van der Waals surface area contributed by atoms with Gasteiger partial charge in [0.2, 0.25) is 0 Å². The predicted octanol–water partition coefficient (Wildman–Crippen LogP) is 2.72. The topological polar surface area (TPSA) is 12.4 Å². The third kappa shape index (κ3) is 1.62. The van der Waals surface area contributed by atoms with Gasteiger partial charge in [-0.1, -0.05) is 15.9 Å². The Labute approximate surface area is 66.0 Å². The largest absolute Gasteiger partial charge is 0.281 e. The Hall–Kier alpha value is -0.250. The molecule has 1 aliphatic heterocycles. The van der Waals surface area contributed by atoms with Crippen LogP contribution in [0.5, 0.6) is 0 Å². The molecule has 0 aliphatic carbocycles. The zero-order chi connectivity index (χ0) is 7.56. The predicted molar refractivity (Wildman–Crippen MR) is 39.7 cm³/mol. The fraction of sp³-hybridized carbons (Fsp3) is 0.500. The summed E-state index contributed by atoms with van der Waals surface area (Å²) in [5.41, 5.74) is -0.119. The van der Waals surface area contributed by atoms with E-state index in [1.165, 1.54) is 6.21 Å². The second-order valence-electron chi connectivity index (χ2n) is 1.94. The first kappa shape index (κ1) is 7.85. The van der Waals surface area contributed by atoms with E-state index in [-0.39, 0.29) is 5.70 Å². The van der Waals surface area contributed by atoms with E-state index >= 15 is 0 Å². The molecule has 1 rings (SSSR count). The molecular formula is C6H6BrF2N. The van der Waals surface area contributed by atoms with E-state index in [9.17, 15) is 8.78 Å². The van der Waals surface area contributed by atoms with Crippen molar-refractivity contribution in [1.82, 2.24) is 0 Å². The summed E-state index contributed by atoms with van der Waals surface area (Å²) in [6, 6.07) is 0. The summed E-state index contributed by atoms with van der Waals surface area (Å²) < 4.78 is 24.5. The first-order chi connectivity index (χ1) is 4.72. The Bertz CT molecular complexity index is 186. The van der Waals surface area contributed by atoms with Crippen LogP contribution in [0.3, 0.4) is 0 Å².